The number of hydrogen-bond acceptors (Lipinski definition) is 5. The second-order valence-electron chi connectivity index (χ2n) is 3.82. The third-order valence-electron chi connectivity index (χ3n) is 2.53. The molecule has 0 saturated heterocycles. The first-order valence-corrected chi connectivity index (χ1v) is 5.93. The van der Waals surface area contributed by atoms with Crippen LogP contribution in [0.15, 0.2) is 30.6 Å². The number of anilines is 2. The third-order valence-corrected chi connectivity index (χ3v) is 2.53. The lowest BCUT2D eigenvalue weighted by Gasteiger charge is -2.11. The number of rotatable bonds is 5. The molecule has 1 aromatic heterocycles. The maximum Gasteiger partial charge on any atom is 0.242 e. The maximum atomic E-state index is 13.5. The molecule has 0 unspecified atom stereocenters. The van der Waals surface area contributed by atoms with Gasteiger partial charge in [-0.3, -0.25) is 0 Å². The topological polar surface area (TPSA) is 73.1 Å². The quantitative estimate of drug-likeness (QED) is 0.864. The van der Waals surface area contributed by atoms with Gasteiger partial charge in [-0.1, -0.05) is 18.2 Å². The van der Waals surface area contributed by atoms with Crippen LogP contribution < -0.4 is 15.8 Å². The van der Waals surface area contributed by atoms with Crippen LogP contribution in [0.2, 0.25) is 0 Å². The van der Waals surface area contributed by atoms with Crippen LogP contribution in [0.5, 0.6) is 5.88 Å². The summed E-state index contributed by atoms with van der Waals surface area (Å²) in [5.41, 5.74) is 6.73. The molecule has 0 atom stereocenters. The van der Waals surface area contributed by atoms with Crippen LogP contribution in [0.4, 0.5) is 15.9 Å². The van der Waals surface area contributed by atoms with Crippen LogP contribution in [-0.2, 0) is 6.54 Å². The lowest BCUT2D eigenvalue weighted by molar-refractivity contribution is 0.328. The summed E-state index contributed by atoms with van der Waals surface area (Å²) >= 11 is 0. The van der Waals surface area contributed by atoms with Crippen LogP contribution >= 0.6 is 0 Å². The molecule has 5 nitrogen and oxygen atoms in total. The summed E-state index contributed by atoms with van der Waals surface area (Å²) in [6, 6.07) is 6.52. The molecule has 0 fully saturated rings. The van der Waals surface area contributed by atoms with E-state index in [9.17, 15) is 4.39 Å². The highest BCUT2D eigenvalue weighted by Crippen LogP contribution is 2.24. The fourth-order valence-corrected chi connectivity index (χ4v) is 1.59. The summed E-state index contributed by atoms with van der Waals surface area (Å²) < 4.78 is 18.7. The SMILES string of the molecule is CCOc1ncnc(NCc2ccccc2F)c1N. The number of ether oxygens (including phenoxy) is 1. The summed E-state index contributed by atoms with van der Waals surface area (Å²) in [4.78, 5) is 7.95. The van der Waals surface area contributed by atoms with Crippen molar-refractivity contribution in [3.63, 3.8) is 0 Å². The van der Waals surface area contributed by atoms with Crippen molar-refractivity contribution in [3.8, 4) is 5.88 Å². The van der Waals surface area contributed by atoms with Gasteiger partial charge in [0.1, 0.15) is 17.8 Å². The van der Waals surface area contributed by atoms with E-state index in [1.165, 1.54) is 12.4 Å². The molecule has 1 heterocycles. The fraction of sp³-hybridized carbons (Fsp3) is 0.231. The van der Waals surface area contributed by atoms with Gasteiger partial charge >= 0.3 is 0 Å². The zero-order valence-electron chi connectivity index (χ0n) is 10.6. The number of benzene rings is 1. The highest BCUT2D eigenvalue weighted by atomic mass is 19.1. The second kappa shape index (κ2) is 5.99. The molecule has 2 aromatic rings. The highest BCUT2D eigenvalue weighted by molar-refractivity contribution is 5.66. The molecule has 3 N–H and O–H groups in total. The minimum absolute atomic E-state index is 0.271. The van der Waals surface area contributed by atoms with Crippen LogP contribution in [0, 0.1) is 5.82 Å². The number of nitrogens with zero attached hydrogens (tertiary/aromatic N) is 2. The van der Waals surface area contributed by atoms with Gasteiger partial charge < -0.3 is 15.8 Å². The van der Waals surface area contributed by atoms with Crippen LogP contribution in [0.1, 0.15) is 12.5 Å². The van der Waals surface area contributed by atoms with Gasteiger partial charge in [0, 0.05) is 12.1 Å². The number of aromatic nitrogens is 2. The van der Waals surface area contributed by atoms with Gasteiger partial charge in [0.2, 0.25) is 5.88 Å². The van der Waals surface area contributed by atoms with Crippen molar-refractivity contribution in [3.05, 3.63) is 42.0 Å². The van der Waals surface area contributed by atoms with Gasteiger partial charge in [-0.25, -0.2) is 9.37 Å². The molecule has 0 radical (unpaired) electrons. The molecular formula is C13H15FN4O. The minimum atomic E-state index is -0.271. The molecule has 0 aliphatic heterocycles. The van der Waals surface area contributed by atoms with Crippen molar-refractivity contribution in [2.75, 3.05) is 17.7 Å². The standard InChI is InChI=1S/C13H15FN4O/c1-2-19-13-11(15)12(17-8-18-13)16-7-9-5-3-4-6-10(9)14/h3-6,8H,2,7,15H2,1H3,(H,16,17,18). The average Bonchev–Trinajstić information content (AvgIpc) is 2.42. The van der Waals surface area contributed by atoms with E-state index in [2.05, 4.69) is 15.3 Å². The zero-order chi connectivity index (χ0) is 13.7. The monoisotopic (exact) mass is 262 g/mol. The molecular weight excluding hydrogens is 247 g/mol. The number of nitrogens with one attached hydrogen (secondary N) is 1. The van der Waals surface area contributed by atoms with Crippen molar-refractivity contribution in [2.24, 2.45) is 0 Å². The van der Waals surface area contributed by atoms with Crippen molar-refractivity contribution in [1.29, 1.82) is 0 Å². The Hall–Kier alpha value is -2.37. The molecule has 0 spiro atoms. The lowest BCUT2D eigenvalue weighted by atomic mass is 10.2. The van der Waals surface area contributed by atoms with Gasteiger partial charge in [-0.15, -0.1) is 0 Å². The Bertz CT molecular complexity index is 562. The van der Waals surface area contributed by atoms with Crippen LogP contribution in [-0.4, -0.2) is 16.6 Å². The van der Waals surface area contributed by atoms with E-state index in [4.69, 9.17) is 10.5 Å². The van der Waals surface area contributed by atoms with E-state index in [0.717, 1.165) is 0 Å². The summed E-state index contributed by atoms with van der Waals surface area (Å²) in [7, 11) is 0. The number of nitrogen functional groups attached to an aromatic ring is 1. The van der Waals surface area contributed by atoms with Gasteiger partial charge in [-0.2, -0.15) is 4.98 Å². The normalized spacial score (nSPS) is 10.2. The number of halogens is 1. The van der Waals surface area contributed by atoms with E-state index in [0.29, 0.717) is 36.1 Å². The molecule has 2 rings (SSSR count). The first kappa shape index (κ1) is 13.1. The van der Waals surface area contributed by atoms with Gasteiger partial charge in [-0.05, 0) is 13.0 Å². The maximum absolute atomic E-state index is 13.5. The summed E-state index contributed by atoms with van der Waals surface area (Å²) in [6.45, 7) is 2.60. The Labute approximate surface area is 110 Å². The number of hydrogen-bond donors (Lipinski definition) is 2. The van der Waals surface area contributed by atoms with Crippen molar-refractivity contribution < 1.29 is 9.13 Å². The molecule has 0 aliphatic rings. The lowest BCUT2D eigenvalue weighted by Crippen LogP contribution is -2.08. The van der Waals surface area contributed by atoms with Gasteiger partial charge in [0.05, 0.1) is 6.61 Å². The number of nitrogens with two attached hydrogens (primary N) is 1. The fourth-order valence-electron chi connectivity index (χ4n) is 1.59. The average molecular weight is 262 g/mol. The van der Waals surface area contributed by atoms with E-state index in [1.807, 2.05) is 6.92 Å². The largest absolute Gasteiger partial charge is 0.476 e. The first-order chi connectivity index (χ1) is 9.22. The molecule has 0 amide bonds. The van der Waals surface area contributed by atoms with E-state index in [-0.39, 0.29) is 5.82 Å². The second-order valence-corrected chi connectivity index (χ2v) is 3.82. The minimum Gasteiger partial charge on any atom is -0.476 e. The Morgan fingerprint density at radius 2 is 2.11 bits per heavy atom. The van der Waals surface area contributed by atoms with E-state index >= 15 is 0 Å². The van der Waals surface area contributed by atoms with Gasteiger partial charge in [0.25, 0.3) is 0 Å². The summed E-state index contributed by atoms with van der Waals surface area (Å²) in [5.74, 6) is 0.489. The Morgan fingerprint density at radius 1 is 1.32 bits per heavy atom. The molecule has 1 aromatic carbocycles. The molecule has 0 bridgehead atoms. The predicted molar refractivity (Wildman–Crippen MR) is 71.3 cm³/mol. The third kappa shape index (κ3) is 3.09. The first-order valence-electron chi connectivity index (χ1n) is 5.93. The van der Waals surface area contributed by atoms with Gasteiger partial charge in [0.15, 0.2) is 5.82 Å². The Balaban J connectivity index is 2.12. The van der Waals surface area contributed by atoms with Crippen molar-refractivity contribution in [2.45, 2.75) is 13.5 Å². The van der Waals surface area contributed by atoms with E-state index < -0.39 is 0 Å². The van der Waals surface area contributed by atoms with Crippen LogP contribution in [0.25, 0.3) is 0 Å². The predicted octanol–water partition coefficient (Wildman–Crippen LogP) is 2.21. The highest BCUT2D eigenvalue weighted by Gasteiger charge is 2.09. The molecule has 100 valence electrons. The molecule has 0 saturated carbocycles. The summed E-state index contributed by atoms with van der Waals surface area (Å²) in [6.07, 6.45) is 1.35. The Morgan fingerprint density at radius 3 is 2.84 bits per heavy atom. The molecule has 19 heavy (non-hydrogen) atoms. The smallest absolute Gasteiger partial charge is 0.242 e. The zero-order valence-corrected chi connectivity index (χ0v) is 10.6. The van der Waals surface area contributed by atoms with Crippen molar-refractivity contribution in [1.82, 2.24) is 9.97 Å². The molecule has 0 aliphatic carbocycles. The molecule has 6 heteroatoms. The van der Waals surface area contributed by atoms with Crippen molar-refractivity contribution >= 4 is 11.5 Å². The summed E-state index contributed by atoms with van der Waals surface area (Å²) in [5, 5.41) is 2.97. The Kier molecular flexibility index (Phi) is 4.12. The van der Waals surface area contributed by atoms with Crippen LogP contribution in [0.3, 0.4) is 0 Å². The van der Waals surface area contributed by atoms with E-state index in [1.54, 1.807) is 18.2 Å².